The molecule has 0 aromatic heterocycles. The Morgan fingerprint density at radius 2 is 1.44 bits per heavy atom. The number of amides is 2. The molecule has 0 rings (SSSR count). The smallest absolute Gasteiger partial charge is 0.326 e. The second-order valence-electron chi connectivity index (χ2n) is 6.28. The van der Waals surface area contributed by atoms with Gasteiger partial charge in [-0.25, -0.2) is 4.79 Å². The topological polar surface area (TPSA) is 159 Å². The van der Waals surface area contributed by atoms with Gasteiger partial charge in [-0.15, -0.1) is 0 Å². The van der Waals surface area contributed by atoms with Crippen LogP contribution < -0.4 is 16.4 Å². The van der Waals surface area contributed by atoms with Crippen LogP contribution in [0.15, 0.2) is 0 Å². The Kier molecular flexibility index (Phi) is 9.73. The van der Waals surface area contributed by atoms with E-state index in [4.69, 9.17) is 10.8 Å². The first-order valence-electron chi connectivity index (χ1n) is 8.35. The van der Waals surface area contributed by atoms with Crippen LogP contribution in [0.2, 0.25) is 0 Å². The summed E-state index contributed by atoms with van der Waals surface area (Å²) in [5.41, 5.74) is 5.78. The highest BCUT2D eigenvalue weighted by atomic mass is 16.4. The Morgan fingerprint density at radius 3 is 1.84 bits per heavy atom. The van der Waals surface area contributed by atoms with Crippen LogP contribution in [0.25, 0.3) is 0 Å². The normalized spacial score (nSPS) is 16.8. The van der Waals surface area contributed by atoms with Gasteiger partial charge in [-0.1, -0.05) is 40.5 Å². The molecule has 0 aromatic carbocycles. The van der Waals surface area contributed by atoms with E-state index in [-0.39, 0.29) is 11.8 Å². The van der Waals surface area contributed by atoms with E-state index in [2.05, 4.69) is 10.6 Å². The zero-order chi connectivity index (χ0) is 19.7. The number of hydrogen-bond acceptors (Lipinski definition) is 5. The maximum atomic E-state index is 12.3. The van der Waals surface area contributed by atoms with Crippen LogP contribution in [-0.4, -0.2) is 52.1 Å². The first-order valence-corrected chi connectivity index (χ1v) is 8.35. The van der Waals surface area contributed by atoms with Gasteiger partial charge in [-0.3, -0.25) is 14.4 Å². The lowest BCUT2D eigenvalue weighted by atomic mass is 9.98. The molecule has 2 amide bonds. The van der Waals surface area contributed by atoms with Crippen molar-refractivity contribution in [3.63, 3.8) is 0 Å². The molecule has 0 aliphatic heterocycles. The minimum atomic E-state index is -1.40. The Bertz CT molecular complexity index is 496. The number of carbonyl (C=O) groups excluding carboxylic acids is 2. The average molecular weight is 359 g/mol. The lowest BCUT2D eigenvalue weighted by Crippen LogP contribution is -2.56. The Balaban J connectivity index is 5.18. The fourth-order valence-electron chi connectivity index (χ4n) is 2.10. The molecular weight excluding hydrogens is 330 g/mol. The van der Waals surface area contributed by atoms with Gasteiger partial charge in [0.05, 0.1) is 12.5 Å². The van der Waals surface area contributed by atoms with E-state index in [1.807, 2.05) is 6.92 Å². The molecule has 25 heavy (non-hydrogen) atoms. The van der Waals surface area contributed by atoms with E-state index in [0.29, 0.717) is 12.8 Å². The molecular formula is C16H29N3O6. The van der Waals surface area contributed by atoms with Crippen LogP contribution >= 0.6 is 0 Å². The van der Waals surface area contributed by atoms with E-state index in [1.165, 1.54) is 0 Å². The summed E-state index contributed by atoms with van der Waals surface area (Å²) in [6.07, 6.45) is 0.475. The summed E-state index contributed by atoms with van der Waals surface area (Å²) in [5.74, 6) is -4.54. The van der Waals surface area contributed by atoms with Gasteiger partial charge in [0, 0.05) is 0 Å². The van der Waals surface area contributed by atoms with Crippen molar-refractivity contribution in [3.05, 3.63) is 0 Å². The van der Waals surface area contributed by atoms with Gasteiger partial charge in [0.15, 0.2) is 0 Å². The highest BCUT2D eigenvalue weighted by Crippen LogP contribution is 2.10. The monoisotopic (exact) mass is 359 g/mol. The Labute approximate surface area is 147 Å². The number of nitrogens with two attached hydrogens (primary N) is 1. The van der Waals surface area contributed by atoms with E-state index in [1.54, 1.807) is 20.8 Å². The molecule has 0 aliphatic rings. The van der Waals surface area contributed by atoms with E-state index in [9.17, 15) is 24.3 Å². The highest BCUT2D eigenvalue weighted by molar-refractivity contribution is 5.94. The summed E-state index contributed by atoms with van der Waals surface area (Å²) in [7, 11) is 0. The van der Waals surface area contributed by atoms with Crippen LogP contribution in [0, 0.1) is 11.8 Å². The van der Waals surface area contributed by atoms with Crippen LogP contribution in [0.4, 0.5) is 0 Å². The Morgan fingerprint density at radius 1 is 0.920 bits per heavy atom. The van der Waals surface area contributed by atoms with Crippen LogP contribution in [0.1, 0.15) is 47.0 Å². The number of hydrogen-bond donors (Lipinski definition) is 5. The Hall–Kier alpha value is -2.16. The van der Waals surface area contributed by atoms with Crippen molar-refractivity contribution in [1.29, 1.82) is 0 Å². The van der Waals surface area contributed by atoms with Gasteiger partial charge in [0.25, 0.3) is 0 Å². The first-order chi connectivity index (χ1) is 11.5. The highest BCUT2D eigenvalue weighted by Gasteiger charge is 2.32. The van der Waals surface area contributed by atoms with Crippen LogP contribution in [0.3, 0.4) is 0 Å². The van der Waals surface area contributed by atoms with Crippen molar-refractivity contribution in [2.45, 2.75) is 65.1 Å². The van der Waals surface area contributed by atoms with Crippen molar-refractivity contribution >= 4 is 23.8 Å². The maximum absolute atomic E-state index is 12.3. The molecule has 0 fully saturated rings. The minimum absolute atomic E-state index is 0.152. The van der Waals surface area contributed by atoms with E-state index < -0.39 is 48.3 Å². The molecule has 0 aliphatic carbocycles. The number of aliphatic carboxylic acids is 2. The molecule has 0 bridgehead atoms. The third-order valence-electron chi connectivity index (χ3n) is 4.35. The zero-order valence-electron chi connectivity index (χ0n) is 15.1. The molecule has 6 N–H and O–H groups in total. The standard InChI is InChI=1S/C16H29N3O6/c1-5-8(3)12(17)15(23)18-10(7-11(20)21)14(22)19-13(16(24)25)9(4)6-2/h8-10,12-13H,5-7,17H2,1-4H3,(H,18,23)(H,19,22)(H,20,21)(H,24,25). The summed E-state index contributed by atoms with van der Waals surface area (Å²) in [6, 6.07) is -3.46. The van der Waals surface area contributed by atoms with Crippen LogP contribution in [0.5, 0.6) is 0 Å². The fraction of sp³-hybridized carbons (Fsp3) is 0.750. The number of carboxylic acids is 2. The predicted molar refractivity (Wildman–Crippen MR) is 90.6 cm³/mol. The van der Waals surface area contributed by atoms with Gasteiger partial charge in [0.2, 0.25) is 11.8 Å². The average Bonchev–Trinajstić information content (AvgIpc) is 2.55. The SMILES string of the molecule is CCC(C)C(N)C(=O)NC(CC(=O)O)C(=O)NC(C(=O)O)C(C)CC. The second-order valence-corrected chi connectivity index (χ2v) is 6.28. The predicted octanol–water partition coefficient (Wildman–Crippen LogP) is -0.0652. The summed E-state index contributed by atoms with van der Waals surface area (Å²) in [5, 5.41) is 22.8. The van der Waals surface area contributed by atoms with Gasteiger partial charge >= 0.3 is 11.9 Å². The third-order valence-corrected chi connectivity index (χ3v) is 4.35. The van der Waals surface area contributed by atoms with Gasteiger partial charge in [-0.05, 0) is 11.8 Å². The molecule has 0 spiro atoms. The molecule has 9 nitrogen and oxygen atoms in total. The molecule has 144 valence electrons. The summed E-state index contributed by atoms with van der Waals surface area (Å²) in [4.78, 5) is 46.7. The summed E-state index contributed by atoms with van der Waals surface area (Å²) >= 11 is 0. The van der Waals surface area contributed by atoms with E-state index >= 15 is 0 Å². The molecule has 0 radical (unpaired) electrons. The first kappa shape index (κ1) is 22.8. The number of carbonyl (C=O) groups is 4. The molecule has 0 aromatic rings. The largest absolute Gasteiger partial charge is 0.481 e. The summed E-state index contributed by atoms with van der Waals surface area (Å²) < 4.78 is 0. The molecule has 9 heteroatoms. The summed E-state index contributed by atoms with van der Waals surface area (Å²) in [6.45, 7) is 7.04. The molecule has 0 saturated heterocycles. The van der Waals surface area contributed by atoms with Crippen LogP contribution in [-0.2, 0) is 19.2 Å². The number of rotatable bonds is 11. The lowest BCUT2D eigenvalue weighted by Gasteiger charge is -2.25. The lowest BCUT2D eigenvalue weighted by molar-refractivity contribution is -0.144. The minimum Gasteiger partial charge on any atom is -0.481 e. The van der Waals surface area contributed by atoms with Crippen molar-refractivity contribution in [3.8, 4) is 0 Å². The van der Waals surface area contributed by atoms with Crippen molar-refractivity contribution in [2.24, 2.45) is 17.6 Å². The molecule has 5 atom stereocenters. The molecule has 0 saturated carbocycles. The van der Waals surface area contributed by atoms with Crippen molar-refractivity contribution in [1.82, 2.24) is 10.6 Å². The van der Waals surface area contributed by atoms with Crippen molar-refractivity contribution < 1.29 is 29.4 Å². The number of carboxylic acid groups (broad SMARTS) is 2. The zero-order valence-corrected chi connectivity index (χ0v) is 15.1. The fourth-order valence-corrected chi connectivity index (χ4v) is 2.10. The van der Waals surface area contributed by atoms with E-state index in [0.717, 1.165) is 0 Å². The van der Waals surface area contributed by atoms with Gasteiger partial charge in [-0.2, -0.15) is 0 Å². The molecule has 0 heterocycles. The maximum Gasteiger partial charge on any atom is 0.326 e. The van der Waals surface area contributed by atoms with Crippen molar-refractivity contribution in [2.75, 3.05) is 0 Å². The van der Waals surface area contributed by atoms with Gasteiger partial charge < -0.3 is 26.6 Å². The van der Waals surface area contributed by atoms with Gasteiger partial charge in [0.1, 0.15) is 12.1 Å². The molecule has 5 unspecified atom stereocenters. The quantitative estimate of drug-likeness (QED) is 0.345. The number of nitrogens with one attached hydrogen (secondary N) is 2. The third kappa shape index (κ3) is 7.51. The second kappa shape index (κ2) is 10.7.